The Morgan fingerprint density at radius 2 is 2.00 bits per heavy atom. The first-order valence-corrected chi connectivity index (χ1v) is 5.14. The number of nitrogens with two attached hydrogens (primary N) is 1. The second-order valence-corrected chi connectivity index (χ2v) is 4.91. The van der Waals surface area contributed by atoms with Crippen LogP contribution in [0, 0.1) is 5.41 Å². The van der Waals surface area contributed by atoms with Crippen LogP contribution in [-0.2, 0) is 9.53 Å². The highest BCUT2D eigenvalue weighted by molar-refractivity contribution is 5.83. The number of carbonyl (C=O) groups excluding carboxylic acids is 1. The van der Waals surface area contributed by atoms with Crippen LogP contribution in [0.4, 0.5) is 0 Å². The van der Waals surface area contributed by atoms with Gasteiger partial charge in [-0.1, -0.05) is 20.8 Å². The van der Waals surface area contributed by atoms with Crippen molar-refractivity contribution in [2.75, 3.05) is 13.7 Å². The number of carbonyl (C=O) groups is 1. The van der Waals surface area contributed by atoms with Crippen LogP contribution in [0.3, 0.4) is 0 Å². The third-order valence-corrected chi connectivity index (χ3v) is 2.17. The maximum Gasteiger partial charge on any atom is 0.149 e. The van der Waals surface area contributed by atoms with Gasteiger partial charge < -0.3 is 10.5 Å². The zero-order valence-electron chi connectivity index (χ0n) is 9.80. The zero-order valence-corrected chi connectivity index (χ0v) is 9.80. The van der Waals surface area contributed by atoms with Crippen molar-refractivity contribution in [2.24, 2.45) is 11.1 Å². The first kappa shape index (κ1) is 13.6. The number of methoxy groups -OCH3 is 1. The van der Waals surface area contributed by atoms with E-state index in [0.29, 0.717) is 19.4 Å². The average molecular weight is 201 g/mol. The van der Waals surface area contributed by atoms with Gasteiger partial charge in [0.2, 0.25) is 0 Å². The van der Waals surface area contributed by atoms with E-state index in [9.17, 15) is 4.79 Å². The van der Waals surface area contributed by atoms with Crippen LogP contribution in [-0.4, -0.2) is 25.5 Å². The van der Waals surface area contributed by atoms with Crippen LogP contribution in [0.5, 0.6) is 0 Å². The van der Waals surface area contributed by atoms with Gasteiger partial charge in [0, 0.05) is 20.1 Å². The lowest BCUT2D eigenvalue weighted by Crippen LogP contribution is -2.32. The molecule has 3 heteroatoms. The van der Waals surface area contributed by atoms with Crippen molar-refractivity contribution in [3.8, 4) is 0 Å². The molecule has 0 amide bonds. The summed E-state index contributed by atoms with van der Waals surface area (Å²) in [6, 6.07) is -0.350. The third kappa shape index (κ3) is 7.04. The van der Waals surface area contributed by atoms with E-state index in [1.807, 2.05) is 0 Å². The summed E-state index contributed by atoms with van der Waals surface area (Å²) in [6.07, 6.45) is 2.10. The van der Waals surface area contributed by atoms with Gasteiger partial charge in [-0.25, -0.2) is 0 Å². The molecule has 0 aromatic rings. The van der Waals surface area contributed by atoms with Crippen molar-refractivity contribution in [3.05, 3.63) is 0 Å². The quantitative estimate of drug-likeness (QED) is 0.712. The van der Waals surface area contributed by atoms with Gasteiger partial charge in [0.15, 0.2) is 0 Å². The Morgan fingerprint density at radius 1 is 1.43 bits per heavy atom. The number of hydrogen-bond donors (Lipinski definition) is 1. The minimum atomic E-state index is -0.350. The SMILES string of the molecule is COCCC(N)C(=O)CCC(C)(C)C. The van der Waals surface area contributed by atoms with Crippen LogP contribution in [0.1, 0.15) is 40.0 Å². The van der Waals surface area contributed by atoms with Crippen LogP contribution >= 0.6 is 0 Å². The number of hydrogen-bond acceptors (Lipinski definition) is 3. The van der Waals surface area contributed by atoms with E-state index in [4.69, 9.17) is 10.5 Å². The fourth-order valence-corrected chi connectivity index (χ4v) is 1.09. The second-order valence-electron chi connectivity index (χ2n) is 4.91. The predicted molar refractivity (Wildman–Crippen MR) is 58.2 cm³/mol. The summed E-state index contributed by atoms with van der Waals surface area (Å²) in [5, 5.41) is 0. The monoisotopic (exact) mass is 201 g/mol. The smallest absolute Gasteiger partial charge is 0.149 e. The molecule has 0 aliphatic carbocycles. The summed E-state index contributed by atoms with van der Waals surface area (Å²) in [5.74, 6) is 0.150. The van der Waals surface area contributed by atoms with E-state index in [0.717, 1.165) is 6.42 Å². The Kier molecular flexibility index (Phi) is 5.96. The van der Waals surface area contributed by atoms with Crippen molar-refractivity contribution in [2.45, 2.75) is 46.1 Å². The molecule has 0 aliphatic heterocycles. The van der Waals surface area contributed by atoms with E-state index in [-0.39, 0.29) is 17.2 Å². The van der Waals surface area contributed by atoms with Crippen LogP contribution in [0.25, 0.3) is 0 Å². The van der Waals surface area contributed by atoms with E-state index < -0.39 is 0 Å². The Bertz CT molecular complexity index is 173. The first-order chi connectivity index (χ1) is 6.37. The minimum Gasteiger partial charge on any atom is -0.385 e. The lowest BCUT2D eigenvalue weighted by Gasteiger charge is -2.18. The average Bonchev–Trinajstić information content (AvgIpc) is 2.09. The van der Waals surface area contributed by atoms with Crippen molar-refractivity contribution >= 4 is 5.78 Å². The van der Waals surface area contributed by atoms with Crippen molar-refractivity contribution in [3.63, 3.8) is 0 Å². The molecule has 0 aromatic carbocycles. The van der Waals surface area contributed by atoms with Crippen LogP contribution < -0.4 is 5.73 Å². The molecule has 0 rings (SSSR count). The van der Waals surface area contributed by atoms with Crippen molar-refractivity contribution in [1.82, 2.24) is 0 Å². The van der Waals surface area contributed by atoms with Gasteiger partial charge in [-0.15, -0.1) is 0 Å². The number of Topliss-reactive ketones (excluding diaryl/α,β-unsaturated/α-hetero) is 1. The molecule has 0 aromatic heterocycles. The topological polar surface area (TPSA) is 52.3 Å². The summed E-state index contributed by atoms with van der Waals surface area (Å²) in [5.41, 5.74) is 5.91. The molecular weight excluding hydrogens is 178 g/mol. The predicted octanol–water partition coefficient (Wildman–Crippen LogP) is 1.75. The Labute approximate surface area is 87.0 Å². The van der Waals surface area contributed by atoms with Crippen molar-refractivity contribution in [1.29, 1.82) is 0 Å². The van der Waals surface area contributed by atoms with E-state index in [2.05, 4.69) is 20.8 Å². The third-order valence-electron chi connectivity index (χ3n) is 2.17. The molecule has 1 unspecified atom stereocenters. The Morgan fingerprint density at radius 3 is 2.43 bits per heavy atom. The molecule has 0 saturated heterocycles. The number of rotatable bonds is 6. The molecule has 0 spiro atoms. The number of ketones is 1. The fraction of sp³-hybridized carbons (Fsp3) is 0.909. The molecule has 3 nitrogen and oxygen atoms in total. The van der Waals surface area contributed by atoms with Gasteiger partial charge in [-0.3, -0.25) is 4.79 Å². The molecule has 0 radical (unpaired) electrons. The summed E-state index contributed by atoms with van der Waals surface area (Å²) in [7, 11) is 1.62. The number of ether oxygens (including phenoxy) is 1. The molecule has 0 bridgehead atoms. The highest BCUT2D eigenvalue weighted by Gasteiger charge is 2.17. The van der Waals surface area contributed by atoms with E-state index >= 15 is 0 Å². The second kappa shape index (κ2) is 6.14. The highest BCUT2D eigenvalue weighted by atomic mass is 16.5. The standard InChI is InChI=1S/C11H23NO2/c1-11(2,3)7-5-10(13)9(12)6-8-14-4/h9H,5-8,12H2,1-4H3. The Hall–Kier alpha value is -0.410. The highest BCUT2D eigenvalue weighted by Crippen LogP contribution is 2.20. The maximum atomic E-state index is 11.5. The maximum absolute atomic E-state index is 11.5. The molecule has 2 N–H and O–H groups in total. The van der Waals surface area contributed by atoms with E-state index in [1.54, 1.807) is 7.11 Å². The lowest BCUT2D eigenvalue weighted by atomic mass is 9.88. The van der Waals surface area contributed by atoms with Gasteiger partial charge in [0.1, 0.15) is 5.78 Å². The van der Waals surface area contributed by atoms with Crippen LogP contribution in [0.15, 0.2) is 0 Å². The molecular formula is C11H23NO2. The first-order valence-electron chi connectivity index (χ1n) is 5.14. The van der Waals surface area contributed by atoms with Gasteiger partial charge in [0.05, 0.1) is 6.04 Å². The molecule has 0 aliphatic rings. The Balaban J connectivity index is 3.73. The largest absolute Gasteiger partial charge is 0.385 e. The van der Waals surface area contributed by atoms with Gasteiger partial charge in [0.25, 0.3) is 0 Å². The molecule has 0 fully saturated rings. The fourth-order valence-electron chi connectivity index (χ4n) is 1.09. The minimum absolute atomic E-state index is 0.150. The van der Waals surface area contributed by atoms with Gasteiger partial charge in [-0.05, 0) is 18.3 Å². The lowest BCUT2D eigenvalue weighted by molar-refractivity contribution is -0.121. The normalized spacial score (nSPS) is 14.1. The molecule has 1 atom stereocenters. The van der Waals surface area contributed by atoms with E-state index in [1.165, 1.54) is 0 Å². The summed E-state index contributed by atoms with van der Waals surface area (Å²) >= 11 is 0. The zero-order chi connectivity index (χ0) is 11.2. The summed E-state index contributed by atoms with van der Waals surface area (Å²) in [6.45, 7) is 6.94. The van der Waals surface area contributed by atoms with Gasteiger partial charge in [-0.2, -0.15) is 0 Å². The van der Waals surface area contributed by atoms with Crippen LogP contribution in [0.2, 0.25) is 0 Å². The molecule has 0 heterocycles. The molecule has 84 valence electrons. The van der Waals surface area contributed by atoms with Crippen molar-refractivity contribution < 1.29 is 9.53 Å². The summed E-state index contributed by atoms with van der Waals surface area (Å²) < 4.78 is 4.88. The summed E-state index contributed by atoms with van der Waals surface area (Å²) in [4.78, 5) is 11.5. The van der Waals surface area contributed by atoms with Gasteiger partial charge >= 0.3 is 0 Å². The molecule has 14 heavy (non-hydrogen) atoms. The molecule has 0 saturated carbocycles.